The highest BCUT2D eigenvalue weighted by atomic mass is 16.5. The molecule has 2 heterocycles. The molecule has 0 bridgehead atoms. The monoisotopic (exact) mass is 370 g/mol. The molecule has 1 unspecified atom stereocenters. The van der Waals surface area contributed by atoms with Gasteiger partial charge in [-0.05, 0) is 53.4 Å². The average molecular weight is 370 g/mol. The molecule has 1 aliphatic heterocycles. The first-order chi connectivity index (χ1) is 13.8. The second-order valence-electron chi connectivity index (χ2n) is 7.23. The largest absolute Gasteiger partial charge is 0.508 e. The molecule has 3 N–H and O–H groups in total. The summed E-state index contributed by atoms with van der Waals surface area (Å²) in [6, 6.07) is 24.0. The molecule has 4 heteroatoms. The van der Waals surface area contributed by atoms with Crippen molar-refractivity contribution >= 4 is 10.9 Å². The summed E-state index contributed by atoms with van der Waals surface area (Å²) in [4.78, 5) is 3.59. The highest BCUT2D eigenvalue weighted by Crippen LogP contribution is 2.35. The maximum absolute atomic E-state index is 9.87. The van der Waals surface area contributed by atoms with Gasteiger partial charge in [0.1, 0.15) is 18.1 Å². The molecule has 1 aliphatic rings. The molecule has 1 aromatic heterocycles. The molecule has 0 amide bonds. The SMILES string of the molecule is Oc1cccc(C2NCCc3c2[nH]c2ccc(OCc4ccccc4)cc32)c1. The Kier molecular flexibility index (Phi) is 4.26. The number of rotatable bonds is 4. The first-order valence-corrected chi connectivity index (χ1v) is 9.61. The van der Waals surface area contributed by atoms with Crippen LogP contribution in [0, 0.1) is 0 Å². The van der Waals surface area contributed by atoms with E-state index in [2.05, 4.69) is 34.6 Å². The molecule has 0 saturated carbocycles. The molecule has 28 heavy (non-hydrogen) atoms. The molecule has 1 atom stereocenters. The van der Waals surface area contributed by atoms with E-state index in [1.54, 1.807) is 6.07 Å². The van der Waals surface area contributed by atoms with E-state index in [1.807, 2.05) is 42.5 Å². The highest BCUT2D eigenvalue weighted by Gasteiger charge is 2.25. The zero-order valence-electron chi connectivity index (χ0n) is 15.5. The first-order valence-electron chi connectivity index (χ1n) is 9.61. The van der Waals surface area contributed by atoms with Gasteiger partial charge in [0.25, 0.3) is 0 Å². The minimum atomic E-state index is 0.0527. The van der Waals surface area contributed by atoms with Crippen molar-refractivity contribution in [1.29, 1.82) is 0 Å². The van der Waals surface area contributed by atoms with E-state index in [4.69, 9.17) is 4.74 Å². The van der Waals surface area contributed by atoms with E-state index in [0.717, 1.165) is 35.4 Å². The molecule has 0 radical (unpaired) electrons. The lowest BCUT2D eigenvalue weighted by Gasteiger charge is -2.25. The number of hydrogen-bond donors (Lipinski definition) is 3. The number of ether oxygens (including phenoxy) is 1. The Morgan fingerprint density at radius 2 is 1.86 bits per heavy atom. The zero-order chi connectivity index (χ0) is 18.9. The summed E-state index contributed by atoms with van der Waals surface area (Å²) in [5.41, 5.74) is 5.84. The van der Waals surface area contributed by atoms with Crippen LogP contribution < -0.4 is 10.1 Å². The lowest BCUT2D eigenvalue weighted by atomic mass is 9.94. The van der Waals surface area contributed by atoms with Gasteiger partial charge in [-0.2, -0.15) is 0 Å². The molecular weight excluding hydrogens is 348 g/mol. The van der Waals surface area contributed by atoms with E-state index < -0.39 is 0 Å². The van der Waals surface area contributed by atoms with Crippen LogP contribution in [0.25, 0.3) is 10.9 Å². The zero-order valence-corrected chi connectivity index (χ0v) is 15.5. The Hall–Kier alpha value is -3.24. The van der Waals surface area contributed by atoms with Crippen LogP contribution in [-0.4, -0.2) is 16.6 Å². The minimum Gasteiger partial charge on any atom is -0.508 e. The highest BCUT2D eigenvalue weighted by molar-refractivity contribution is 5.86. The Morgan fingerprint density at radius 3 is 2.71 bits per heavy atom. The van der Waals surface area contributed by atoms with Crippen LogP contribution in [0.2, 0.25) is 0 Å². The summed E-state index contributed by atoms with van der Waals surface area (Å²) >= 11 is 0. The minimum absolute atomic E-state index is 0.0527. The van der Waals surface area contributed by atoms with E-state index in [9.17, 15) is 5.11 Å². The second kappa shape index (κ2) is 7.06. The second-order valence-corrected chi connectivity index (χ2v) is 7.23. The van der Waals surface area contributed by atoms with E-state index in [-0.39, 0.29) is 6.04 Å². The molecule has 5 rings (SSSR count). The van der Waals surface area contributed by atoms with E-state index in [0.29, 0.717) is 12.4 Å². The third kappa shape index (κ3) is 3.12. The van der Waals surface area contributed by atoms with Crippen LogP contribution >= 0.6 is 0 Å². The molecule has 4 nitrogen and oxygen atoms in total. The van der Waals surface area contributed by atoms with Gasteiger partial charge in [-0.3, -0.25) is 0 Å². The Balaban J connectivity index is 1.48. The number of aromatic hydroxyl groups is 1. The Bertz CT molecular complexity index is 1120. The van der Waals surface area contributed by atoms with Crippen molar-refractivity contribution in [3.8, 4) is 11.5 Å². The molecule has 140 valence electrons. The Morgan fingerprint density at radius 1 is 0.964 bits per heavy atom. The van der Waals surface area contributed by atoms with Crippen LogP contribution in [-0.2, 0) is 13.0 Å². The smallest absolute Gasteiger partial charge is 0.120 e. The van der Waals surface area contributed by atoms with Crippen LogP contribution in [0.5, 0.6) is 11.5 Å². The lowest BCUT2D eigenvalue weighted by molar-refractivity contribution is 0.306. The van der Waals surface area contributed by atoms with Crippen molar-refractivity contribution in [1.82, 2.24) is 10.3 Å². The van der Waals surface area contributed by atoms with Gasteiger partial charge < -0.3 is 20.1 Å². The van der Waals surface area contributed by atoms with Crippen LogP contribution in [0.3, 0.4) is 0 Å². The summed E-state index contributed by atoms with van der Waals surface area (Å²) in [5, 5.41) is 14.6. The quantitative estimate of drug-likeness (QED) is 0.489. The van der Waals surface area contributed by atoms with Crippen molar-refractivity contribution in [2.24, 2.45) is 0 Å². The average Bonchev–Trinajstić information content (AvgIpc) is 3.11. The summed E-state index contributed by atoms with van der Waals surface area (Å²) in [6.45, 7) is 1.46. The molecule has 0 saturated heterocycles. The van der Waals surface area contributed by atoms with E-state index in [1.165, 1.54) is 16.6 Å². The van der Waals surface area contributed by atoms with Gasteiger partial charge in [-0.1, -0.05) is 42.5 Å². The molecule has 0 aliphatic carbocycles. The third-order valence-electron chi connectivity index (χ3n) is 5.37. The number of phenols is 1. The van der Waals surface area contributed by atoms with Crippen LogP contribution in [0.1, 0.15) is 28.4 Å². The van der Waals surface area contributed by atoms with Crippen molar-refractivity contribution in [3.05, 3.63) is 95.2 Å². The van der Waals surface area contributed by atoms with Gasteiger partial charge in [-0.15, -0.1) is 0 Å². The molecule has 0 spiro atoms. The predicted molar refractivity (Wildman–Crippen MR) is 111 cm³/mol. The normalized spacial score (nSPS) is 16.1. The van der Waals surface area contributed by atoms with Gasteiger partial charge in [0, 0.05) is 23.1 Å². The predicted octanol–water partition coefficient (Wildman–Crippen LogP) is 4.69. The summed E-state index contributed by atoms with van der Waals surface area (Å²) in [7, 11) is 0. The fraction of sp³-hybridized carbons (Fsp3) is 0.167. The summed E-state index contributed by atoms with van der Waals surface area (Å²) in [6.07, 6.45) is 0.965. The van der Waals surface area contributed by atoms with E-state index >= 15 is 0 Å². The number of phenolic OH excluding ortho intramolecular Hbond substituents is 1. The van der Waals surface area contributed by atoms with Crippen molar-refractivity contribution in [3.63, 3.8) is 0 Å². The maximum atomic E-state index is 9.87. The number of aromatic amines is 1. The van der Waals surface area contributed by atoms with Crippen molar-refractivity contribution in [2.75, 3.05) is 6.54 Å². The number of fused-ring (bicyclic) bond motifs is 3. The number of nitrogens with one attached hydrogen (secondary N) is 2. The molecule has 4 aromatic rings. The molecule has 0 fully saturated rings. The molecular formula is C24H22N2O2. The van der Waals surface area contributed by atoms with Gasteiger partial charge >= 0.3 is 0 Å². The summed E-state index contributed by atoms with van der Waals surface area (Å²) in [5.74, 6) is 1.17. The molecule has 3 aromatic carbocycles. The number of H-pyrrole nitrogens is 1. The van der Waals surface area contributed by atoms with Gasteiger partial charge in [0.2, 0.25) is 0 Å². The Labute approximate surface area is 163 Å². The topological polar surface area (TPSA) is 57.3 Å². The van der Waals surface area contributed by atoms with Gasteiger partial charge in [0.05, 0.1) is 6.04 Å². The van der Waals surface area contributed by atoms with Crippen molar-refractivity contribution < 1.29 is 9.84 Å². The fourth-order valence-corrected chi connectivity index (χ4v) is 4.03. The van der Waals surface area contributed by atoms with Gasteiger partial charge in [0.15, 0.2) is 0 Å². The standard InChI is InChI=1S/C24H22N2O2/c27-18-8-4-7-17(13-18)23-24-20(11-12-25-23)21-14-19(9-10-22(21)26-24)28-15-16-5-2-1-3-6-16/h1-10,13-14,23,25-27H,11-12,15H2. The van der Waals surface area contributed by atoms with Crippen LogP contribution in [0.15, 0.2) is 72.8 Å². The number of hydrogen-bond acceptors (Lipinski definition) is 3. The third-order valence-corrected chi connectivity index (χ3v) is 5.37. The van der Waals surface area contributed by atoms with Crippen molar-refractivity contribution in [2.45, 2.75) is 19.1 Å². The fourth-order valence-electron chi connectivity index (χ4n) is 4.03. The lowest BCUT2D eigenvalue weighted by Crippen LogP contribution is -2.30. The van der Waals surface area contributed by atoms with Crippen LogP contribution in [0.4, 0.5) is 0 Å². The maximum Gasteiger partial charge on any atom is 0.120 e. The number of aromatic nitrogens is 1. The summed E-state index contributed by atoms with van der Waals surface area (Å²) < 4.78 is 6.03. The first kappa shape index (κ1) is 16.9. The van der Waals surface area contributed by atoms with Gasteiger partial charge in [-0.25, -0.2) is 0 Å². The number of benzene rings is 3.